The molecule has 0 radical (unpaired) electrons. The van der Waals surface area contributed by atoms with E-state index in [9.17, 15) is 4.79 Å². The molecule has 1 fully saturated rings. The van der Waals surface area contributed by atoms with Crippen molar-refractivity contribution >= 4 is 28.5 Å². The number of ether oxygens (including phenoxy) is 1. The van der Waals surface area contributed by atoms with Crippen LogP contribution in [0.25, 0.3) is 22.4 Å². The molecule has 1 aliphatic rings. The smallest absolute Gasteiger partial charge is 0.339 e. The summed E-state index contributed by atoms with van der Waals surface area (Å²) in [5.41, 5.74) is 6.22. The summed E-state index contributed by atoms with van der Waals surface area (Å²) in [6, 6.07) is 18.6. The monoisotopic (exact) mass is 455 g/mol. The van der Waals surface area contributed by atoms with E-state index in [1.165, 1.54) is 11.3 Å². The normalized spacial score (nSPS) is 14.0. The number of benzene rings is 2. The third kappa shape index (κ3) is 4.09. The van der Waals surface area contributed by atoms with E-state index in [-0.39, 0.29) is 5.97 Å². The van der Waals surface area contributed by atoms with Crippen LogP contribution < -0.4 is 9.80 Å². The Labute approximate surface area is 199 Å². The summed E-state index contributed by atoms with van der Waals surface area (Å²) in [5, 5.41) is 0. The summed E-state index contributed by atoms with van der Waals surface area (Å²) in [6.45, 7) is 7.82. The van der Waals surface area contributed by atoms with Crippen LogP contribution in [-0.4, -0.2) is 53.3 Å². The quantitative estimate of drug-likeness (QED) is 0.415. The van der Waals surface area contributed by atoms with Crippen molar-refractivity contribution in [1.29, 1.82) is 0 Å². The lowest BCUT2D eigenvalue weighted by Crippen LogP contribution is -2.46. The lowest BCUT2D eigenvalue weighted by molar-refractivity contribution is 0.0526. The average Bonchev–Trinajstić information content (AvgIpc) is 3.21. The van der Waals surface area contributed by atoms with Crippen molar-refractivity contribution in [3.8, 4) is 11.4 Å². The van der Waals surface area contributed by atoms with E-state index in [1.54, 1.807) is 19.2 Å². The number of esters is 1. The molecule has 0 saturated carbocycles. The van der Waals surface area contributed by atoms with Crippen molar-refractivity contribution < 1.29 is 9.53 Å². The molecule has 0 unspecified atom stereocenters. The van der Waals surface area contributed by atoms with Crippen molar-refractivity contribution in [3.05, 3.63) is 71.9 Å². The summed E-state index contributed by atoms with van der Waals surface area (Å²) in [6.07, 6.45) is 1.60. The summed E-state index contributed by atoms with van der Waals surface area (Å²) >= 11 is 0. The predicted molar refractivity (Wildman–Crippen MR) is 136 cm³/mol. The molecule has 4 aromatic rings. The first-order valence-corrected chi connectivity index (χ1v) is 11.7. The highest BCUT2D eigenvalue weighted by Crippen LogP contribution is 2.30. The van der Waals surface area contributed by atoms with Crippen LogP contribution in [0.2, 0.25) is 0 Å². The van der Waals surface area contributed by atoms with Crippen LogP contribution in [0.5, 0.6) is 0 Å². The molecule has 0 bridgehead atoms. The van der Waals surface area contributed by atoms with Gasteiger partial charge in [0.15, 0.2) is 0 Å². The van der Waals surface area contributed by atoms with Gasteiger partial charge in [0.1, 0.15) is 11.6 Å². The minimum atomic E-state index is -0.331. The predicted octanol–water partition coefficient (Wildman–Crippen LogP) is 4.45. The van der Waals surface area contributed by atoms with Gasteiger partial charge in [-0.25, -0.2) is 14.8 Å². The Morgan fingerprint density at radius 1 is 1.00 bits per heavy atom. The van der Waals surface area contributed by atoms with Gasteiger partial charge >= 0.3 is 5.97 Å². The van der Waals surface area contributed by atoms with Gasteiger partial charge in [0.25, 0.3) is 0 Å². The van der Waals surface area contributed by atoms with E-state index in [2.05, 4.69) is 69.7 Å². The van der Waals surface area contributed by atoms with Crippen LogP contribution in [0.4, 0.5) is 11.5 Å². The van der Waals surface area contributed by atoms with E-state index in [0.29, 0.717) is 12.2 Å². The average molecular weight is 456 g/mol. The Morgan fingerprint density at radius 2 is 1.76 bits per heavy atom. The molecule has 0 aliphatic carbocycles. The van der Waals surface area contributed by atoms with Crippen molar-refractivity contribution in [2.24, 2.45) is 7.05 Å². The van der Waals surface area contributed by atoms with Gasteiger partial charge < -0.3 is 19.1 Å². The molecule has 2 aromatic carbocycles. The van der Waals surface area contributed by atoms with Crippen LogP contribution in [0.15, 0.2) is 60.8 Å². The molecule has 0 amide bonds. The number of fused-ring (bicyclic) bond motifs is 1. The van der Waals surface area contributed by atoms with Gasteiger partial charge in [0.05, 0.1) is 23.2 Å². The molecule has 5 rings (SSSR count). The fourth-order valence-electron chi connectivity index (χ4n) is 4.54. The van der Waals surface area contributed by atoms with Gasteiger partial charge in [-0.15, -0.1) is 0 Å². The Balaban J connectivity index is 1.32. The molecule has 0 atom stereocenters. The van der Waals surface area contributed by atoms with Gasteiger partial charge in [0, 0.05) is 50.7 Å². The minimum absolute atomic E-state index is 0.331. The Kier molecular flexibility index (Phi) is 5.92. The van der Waals surface area contributed by atoms with Crippen molar-refractivity contribution in [1.82, 2.24) is 14.5 Å². The number of carbonyl (C=O) groups excluding carboxylic acids is 1. The van der Waals surface area contributed by atoms with Crippen molar-refractivity contribution in [3.63, 3.8) is 0 Å². The number of imidazole rings is 1. The van der Waals surface area contributed by atoms with Crippen molar-refractivity contribution in [2.45, 2.75) is 13.8 Å². The lowest BCUT2D eigenvalue weighted by Gasteiger charge is -2.37. The Hall–Kier alpha value is -3.87. The number of para-hydroxylation sites is 2. The van der Waals surface area contributed by atoms with Crippen molar-refractivity contribution in [2.75, 3.05) is 42.6 Å². The van der Waals surface area contributed by atoms with Gasteiger partial charge in [-0.05, 0) is 55.8 Å². The second-order valence-corrected chi connectivity index (χ2v) is 8.58. The van der Waals surface area contributed by atoms with E-state index in [0.717, 1.165) is 54.4 Å². The van der Waals surface area contributed by atoms with Crippen LogP contribution in [-0.2, 0) is 11.8 Å². The van der Waals surface area contributed by atoms with E-state index in [1.807, 2.05) is 12.1 Å². The minimum Gasteiger partial charge on any atom is -0.462 e. The lowest BCUT2D eigenvalue weighted by atomic mass is 10.1. The van der Waals surface area contributed by atoms with E-state index < -0.39 is 0 Å². The highest BCUT2D eigenvalue weighted by atomic mass is 16.5. The Bertz CT molecular complexity index is 1320. The van der Waals surface area contributed by atoms with Gasteiger partial charge in [0.2, 0.25) is 0 Å². The molecule has 7 heteroatoms. The number of anilines is 2. The maximum atomic E-state index is 11.9. The first-order valence-electron chi connectivity index (χ1n) is 11.7. The number of hydrogen-bond donors (Lipinski definition) is 0. The molecule has 1 aliphatic heterocycles. The largest absolute Gasteiger partial charge is 0.462 e. The molecule has 34 heavy (non-hydrogen) atoms. The fraction of sp³-hybridized carbons (Fsp3) is 0.296. The maximum absolute atomic E-state index is 11.9. The topological polar surface area (TPSA) is 63.5 Å². The zero-order chi connectivity index (χ0) is 23.7. The highest BCUT2D eigenvalue weighted by Gasteiger charge is 2.20. The number of pyridine rings is 1. The van der Waals surface area contributed by atoms with Gasteiger partial charge in [-0.1, -0.05) is 18.2 Å². The molecule has 7 nitrogen and oxygen atoms in total. The molecular formula is C27H29N5O2. The third-order valence-corrected chi connectivity index (χ3v) is 6.48. The SMILES string of the molecule is CCOC(=O)c1ccc(N2CCN(c3ccc(C)c(-c4nc5ccccc5n4C)c3)CC2)nc1. The number of aromatic nitrogens is 3. The number of rotatable bonds is 5. The number of aryl methyl sites for hydroxylation is 2. The van der Waals surface area contributed by atoms with Crippen LogP contribution in [0.1, 0.15) is 22.8 Å². The first-order chi connectivity index (χ1) is 16.5. The zero-order valence-electron chi connectivity index (χ0n) is 19.9. The molecule has 2 aromatic heterocycles. The Morgan fingerprint density at radius 3 is 2.47 bits per heavy atom. The van der Waals surface area contributed by atoms with E-state index in [4.69, 9.17) is 9.72 Å². The molecule has 1 saturated heterocycles. The number of hydrogen-bond acceptors (Lipinski definition) is 6. The second kappa shape index (κ2) is 9.17. The second-order valence-electron chi connectivity index (χ2n) is 8.58. The van der Waals surface area contributed by atoms with Crippen LogP contribution in [0, 0.1) is 6.92 Å². The standard InChI is InChI=1S/C27H29N5O2/c1-4-34-27(33)20-10-12-25(28-18-20)32-15-13-31(14-16-32)21-11-9-19(2)22(17-21)26-29-23-7-5-6-8-24(23)30(26)3/h5-12,17-18H,4,13-16H2,1-3H3. The summed E-state index contributed by atoms with van der Waals surface area (Å²) in [7, 11) is 2.08. The zero-order valence-corrected chi connectivity index (χ0v) is 19.9. The summed E-state index contributed by atoms with van der Waals surface area (Å²) in [4.78, 5) is 25.9. The molecule has 0 N–H and O–H groups in total. The van der Waals surface area contributed by atoms with Crippen LogP contribution >= 0.6 is 0 Å². The number of piperazine rings is 1. The molecular weight excluding hydrogens is 426 g/mol. The van der Waals surface area contributed by atoms with Crippen LogP contribution in [0.3, 0.4) is 0 Å². The van der Waals surface area contributed by atoms with Gasteiger partial charge in [-0.2, -0.15) is 0 Å². The fourth-order valence-corrected chi connectivity index (χ4v) is 4.54. The summed E-state index contributed by atoms with van der Waals surface area (Å²) in [5.74, 6) is 1.55. The first kappa shape index (κ1) is 21.9. The number of nitrogens with zero attached hydrogens (tertiary/aromatic N) is 5. The van der Waals surface area contributed by atoms with E-state index >= 15 is 0 Å². The molecule has 174 valence electrons. The van der Waals surface area contributed by atoms with Gasteiger partial charge in [-0.3, -0.25) is 0 Å². The highest BCUT2D eigenvalue weighted by molar-refractivity contribution is 5.89. The summed E-state index contributed by atoms with van der Waals surface area (Å²) < 4.78 is 7.22. The molecule has 0 spiro atoms. The number of carbonyl (C=O) groups is 1. The third-order valence-electron chi connectivity index (χ3n) is 6.48. The molecule has 3 heterocycles. The maximum Gasteiger partial charge on any atom is 0.339 e.